The zero-order valence-corrected chi connectivity index (χ0v) is 11.5. The zero-order valence-electron chi connectivity index (χ0n) is 11.5. The number of ether oxygens (including phenoxy) is 1. The minimum Gasteiger partial charge on any atom is -0.470 e. The SMILES string of the molecule is CC(=O)N1CC=C(c2nccnc2OC2CNC2)CC1. The summed E-state index contributed by atoms with van der Waals surface area (Å²) in [5, 5.41) is 3.17. The Balaban J connectivity index is 1.78. The zero-order chi connectivity index (χ0) is 13.9. The van der Waals surface area contributed by atoms with E-state index in [1.165, 1.54) is 0 Å². The maximum atomic E-state index is 11.3. The van der Waals surface area contributed by atoms with Gasteiger partial charge < -0.3 is 15.0 Å². The Morgan fingerprint density at radius 3 is 2.80 bits per heavy atom. The number of hydrogen-bond donors (Lipinski definition) is 1. The van der Waals surface area contributed by atoms with Crippen molar-refractivity contribution in [1.82, 2.24) is 20.2 Å². The van der Waals surface area contributed by atoms with E-state index in [-0.39, 0.29) is 12.0 Å². The molecular weight excluding hydrogens is 256 g/mol. The second-order valence-corrected chi connectivity index (χ2v) is 5.05. The molecule has 0 unspecified atom stereocenters. The molecule has 1 amide bonds. The molecule has 6 nitrogen and oxygen atoms in total. The van der Waals surface area contributed by atoms with Gasteiger partial charge in [0.2, 0.25) is 11.8 Å². The van der Waals surface area contributed by atoms with Gasteiger partial charge in [-0.3, -0.25) is 4.79 Å². The molecule has 0 aliphatic carbocycles. The molecule has 2 aliphatic heterocycles. The Morgan fingerprint density at radius 2 is 2.20 bits per heavy atom. The Labute approximate surface area is 117 Å². The quantitative estimate of drug-likeness (QED) is 0.867. The summed E-state index contributed by atoms with van der Waals surface area (Å²) in [4.78, 5) is 21.9. The van der Waals surface area contributed by atoms with Gasteiger partial charge in [0, 0.05) is 45.5 Å². The molecule has 0 atom stereocenters. The number of aromatic nitrogens is 2. The van der Waals surface area contributed by atoms with Crippen molar-refractivity contribution < 1.29 is 9.53 Å². The molecule has 1 aromatic rings. The van der Waals surface area contributed by atoms with Gasteiger partial charge in [-0.1, -0.05) is 6.08 Å². The van der Waals surface area contributed by atoms with Crippen molar-refractivity contribution in [1.29, 1.82) is 0 Å². The van der Waals surface area contributed by atoms with Crippen molar-refractivity contribution in [3.05, 3.63) is 24.2 Å². The number of amides is 1. The normalized spacial score (nSPS) is 19.2. The molecular formula is C14H18N4O2. The van der Waals surface area contributed by atoms with Gasteiger partial charge in [-0.05, 0) is 12.0 Å². The number of hydrogen-bond acceptors (Lipinski definition) is 5. The third-order valence-corrected chi connectivity index (χ3v) is 3.65. The molecule has 1 N–H and O–H groups in total. The first-order valence-electron chi connectivity index (χ1n) is 6.87. The molecule has 1 saturated heterocycles. The average molecular weight is 274 g/mol. The van der Waals surface area contributed by atoms with Crippen molar-refractivity contribution in [2.24, 2.45) is 0 Å². The fraction of sp³-hybridized carbons (Fsp3) is 0.500. The average Bonchev–Trinajstić information content (AvgIpc) is 2.43. The van der Waals surface area contributed by atoms with Gasteiger partial charge in [0.25, 0.3) is 0 Å². The van der Waals surface area contributed by atoms with Gasteiger partial charge >= 0.3 is 0 Å². The summed E-state index contributed by atoms with van der Waals surface area (Å²) in [6, 6.07) is 0. The van der Waals surface area contributed by atoms with Crippen molar-refractivity contribution in [2.45, 2.75) is 19.4 Å². The number of carbonyl (C=O) groups is 1. The van der Waals surface area contributed by atoms with E-state index in [4.69, 9.17) is 4.74 Å². The van der Waals surface area contributed by atoms with Crippen LogP contribution in [0.4, 0.5) is 0 Å². The standard InChI is InChI=1S/C14H18N4O2/c1-10(19)18-6-2-11(3-7-18)13-14(17-5-4-16-13)20-12-8-15-9-12/h2,4-5,12,15H,3,6-9H2,1H3. The van der Waals surface area contributed by atoms with Crippen LogP contribution in [0.5, 0.6) is 5.88 Å². The molecule has 3 rings (SSSR count). The summed E-state index contributed by atoms with van der Waals surface area (Å²) in [5.41, 5.74) is 1.92. The van der Waals surface area contributed by atoms with Gasteiger partial charge in [0.1, 0.15) is 11.8 Å². The van der Waals surface area contributed by atoms with Crippen LogP contribution in [-0.4, -0.2) is 53.1 Å². The lowest BCUT2D eigenvalue weighted by molar-refractivity contribution is -0.128. The van der Waals surface area contributed by atoms with Crippen molar-refractivity contribution >= 4 is 11.5 Å². The first kappa shape index (κ1) is 13.1. The highest BCUT2D eigenvalue weighted by atomic mass is 16.5. The Hall–Kier alpha value is -1.95. The van der Waals surface area contributed by atoms with Crippen LogP contribution in [-0.2, 0) is 4.79 Å². The van der Waals surface area contributed by atoms with E-state index in [9.17, 15) is 4.79 Å². The van der Waals surface area contributed by atoms with Crippen LogP contribution in [0.15, 0.2) is 18.5 Å². The first-order chi connectivity index (χ1) is 9.74. The smallest absolute Gasteiger partial charge is 0.240 e. The Bertz CT molecular complexity index is 540. The summed E-state index contributed by atoms with van der Waals surface area (Å²) in [6.45, 7) is 4.66. The maximum Gasteiger partial charge on any atom is 0.240 e. The molecule has 3 heterocycles. The van der Waals surface area contributed by atoms with Crippen LogP contribution in [0, 0.1) is 0 Å². The minimum absolute atomic E-state index is 0.108. The number of rotatable bonds is 3. The topological polar surface area (TPSA) is 67.4 Å². The lowest BCUT2D eigenvalue weighted by Gasteiger charge is -2.29. The molecule has 20 heavy (non-hydrogen) atoms. The second kappa shape index (κ2) is 5.58. The summed E-state index contributed by atoms with van der Waals surface area (Å²) in [6.07, 6.45) is 6.34. The fourth-order valence-electron chi connectivity index (χ4n) is 2.31. The predicted molar refractivity (Wildman–Crippen MR) is 74.2 cm³/mol. The fourth-order valence-corrected chi connectivity index (χ4v) is 2.31. The highest BCUT2D eigenvalue weighted by molar-refractivity contribution is 5.76. The van der Waals surface area contributed by atoms with Crippen molar-refractivity contribution in [3.8, 4) is 5.88 Å². The molecule has 1 fully saturated rings. The number of nitrogens with one attached hydrogen (secondary N) is 1. The molecule has 2 aliphatic rings. The van der Waals surface area contributed by atoms with E-state index in [1.54, 1.807) is 19.3 Å². The molecule has 0 bridgehead atoms. The molecule has 6 heteroatoms. The third-order valence-electron chi connectivity index (χ3n) is 3.65. The van der Waals surface area contributed by atoms with Crippen LogP contribution < -0.4 is 10.1 Å². The largest absolute Gasteiger partial charge is 0.470 e. The molecule has 1 aromatic heterocycles. The summed E-state index contributed by atoms with van der Waals surface area (Å²) in [7, 11) is 0. The van der Waals surface area contributed by atoms with E-state index in [0.717, 1.165) is 37.3 Å². The second-order valence-electron chi connectivity index (χ2n) is 5.05. The van der Waals surface area contributed by atoms with Crippen LogP contribution in [0.2, 0.25) is 0 Å². The molecule has 0 spiro atoms. The summed E-state index contributed by atoms with van der Waals surface area (Å²) in [5.74, 6) is 0.706. The minimum atomic E-state index is 0.108. The number of carbonyl (C=O) groups excluding carboxylic acids is 1. The molecule has 0 saturated carbocycles. The maximum absolute atomic E-state index is 11.3. The first-order valence-corrected chi connectivity index (χ1v) is 6.87. The van der Waals surface area contributed by atoms with Crippen LogP contribution in [0.3, 0.4) is 0 Å². The Kier molecular flexibility index (Phi) is 3.64. The highest BCUT2D eigenvalue weighted by Crippen LogP contribution is 2.27. The van der Waals surface area contributed by atoms with E-state index >= 15 is 0 Å². The predicted octanol–water partition coefficient (Wildman–Crippen LogP) is 0.463. The van der Waals surface area contributed by atoms with E-state index in [0.29, 0.717) is 12.4 Å². The molecule has 106 valence electrons. The van der Waals surface area contributed by atoms with E-state index in [2.05, 4.69) is 15.3 Å². The molecule has 0 aromatic carbocycles. The van der Waals surface area contributed by atoms with Gasteiger partial charge in [-0.15, -0.1) is 0 Å². The monoisotopic (exact) mass is 274 g/mol. The highest BCUT2D eigenvalue weighted by Gasteiger charge is 2.23. The van der Waals surface area contributed by atoms with Gasteiger partial charge in [-0.25, -0.2) is 9.97 Å². The lowest BCUT2D eigenvalue weighted by atomic mass is 10.0. The van der Waals surface area contributed by atoms with E-state index < -0.39 is 0 Å². The van der Waals surface area contributed by atoms with Gasteiger partial charge in [0.15, 0.2) is 0 Å². The van der Waals surface area contributed by atoms with Crippen molar-refractivity contribution in [3.63, 3.8) is 0 Å². The van der Waals surface area contributed by atoms with Crippen LogP contribution in [0.1, 0.15) is 19.0 Å². The lowest BCUT2D eigenvalue weighted by Crippen LogP contribution is -2.50. The van der Waals surface area contributed by atoms with Gasteiger partial charge in [-0.2, -0.15) is 0 Å². The number of nitrogens with zero attached hydrogens (tertiary/aromatic N) is 3. The third kappa shape index (κ3) is 2.65. The summed E-state index contributed by atoms with van der Waals surface area (Å²) >= 11 is 0. The van der Waals surface area contributed by atoms with E-state index in [1.807, 2.05) is 11.0 Å². The van der Waals surface area contributed by atoms with Crippen molar-refractivity contribution in [2.75, 3.05) is 26.2 Å². The molecule has 0 radical (unpaired) electrons. The Morgan fingerprint density at radius 1 is 1.40 bits per heavy atom. The van der Waals surface area contributed by atoms with Gasteiger partial charge in [0.05, 0.1) is 0 Å². The van der Waals surface area contributed by atoms with Crippen LogP contribution >= 0.6 is 0 Å². The van der Waals surface area contributed by atoms with Crippen LogP contribution in [0.25, 0.3) is 5.57 Å². The summed E-state index contributed by atoms with van der Waals surface area (Å²) < 4.78 is 5.85.